The molecule has 0 radical (unpaired) electrons. The number of carbonyl (C=O) groups excluding carboxylic acids is 1. The third-order valence-corrected chi connectivity index (χ3v) is 2.98. The molecule has 0 saturated carbocycles. The molecule has 0 unspecified atom stereocenters. The minimum Gasteiger partial charge on any atom is -0.338 e. The van der Waals surface area contributed by atoms with Crippen LogP contribution in [0.2, 0.25) is 0 Å². The third-order valence-electron chi connectivity index (χ3n) is 2.76. The van der Waals surface area contributed by atoms with Crippen molar-refractivity contribution in [2.24, 2.45) is 0 Å². The molecular weight excluding hydrogens is 214 g/mol. The van der Waals surface area contributed by atoms with Gasteiger partial charge in [0.2, 0.25) is 0 Å². The minimum atomic E-state index is -0.0730. The van der Waals surface area contributed by atoms with E-state index in [2.05, 4.69) is 16.2 Å². The van der Waals surface area contributed by atoms with Crippen molar-refractivity contribution in [2.45, 2.75) is 26.2 Å². The molecular formula is C8H15N5OS. The summed E-state index contributed by atoms with van der Waals surface area (Å²) in [5.41, 5.74) is 5.87. The highest BCUT2D eigenvalue weighted by Gasteiger charge is 2.46. The quantitative estimate of drug-likeness (QED) is 0.552. The van der Waals surface area contributed by atoms with E-state index in [1.807, 2.05) is 13.8 Å². The average molecular weight is 229 g/mol. The summed E-state index contributed by atoms with van der Waals surface area (Å²) in [6.45, 7) is 5.27. The summed E-state index contributed by atoms with van der Waals surface area (Å²) in [5.74, 6) is 0. The van der Waals surface area contributed by atoms with E-state index in [-0.39, 0.29) is 18.4 Å². The second-order valence-corrected chi connectivity index (χ2v) is 3.90. The Bertz CT molecular complexity index is 297. The maximum Gasteiger partial charge on any atom is 0.323 e. The van der Waals surface area contributed by atoms with Crippen LogP contribution < -0.4 is 16.2 Å². The summed E-state index contributed by atoms with van der Waals surface area (Å²) in [4.78, 5) is 15.5. The highest BCUT2D eigenvalue weighted by atomic mass is 32.1. The number of likely N-dealkylation sites (N-methyl/N-ethyl adjacent to an activating group) is 2. The molecule has 2 atom stereocenters. The van der Waals surface area contributed by atoms with Crippen LogP contribution in [0.5, 0.6) is 0 Å². The lowest BCUT2D eigenvalue weighted by atomic mass is 10.3. The van der Waals surface area contributed by atoms with Crippen molar-refractivity contribution < 1.29 is 4.79 Å². The van der Waals surface area contributed by atoms with Crippen molar-refractivity contribution in [2.75, 3.05) is 13.1 Å². The fourth-order valence-electron chi connectivity index (χ4n) is 2.03. The molecule has 2 amide bonds. The zero-order chi connectivity index (χ0) is 11.0. The lowest BCUT2D eigenvalue weighted by Crippen LogP contribution is -2.68. The van der Waals surface area contributed by atoms with E-state index >= 15 is 0 Å². The number of hydrogen-bond donors (Lipinski definition) is 3. The molecule has 6 nitrogen and oxygen atoms in total. The summed E-state index contributed by atoms with van der Waals surface area (Å²) in [6.07, 6.45) is -0.134. The summed E-state index contributed by atoms with van der Waals surface area (Å²) in [7, 11) is 0. The number of hydrogen-bond acceptors (Lipinski definition) is 3. The van der Waals surface area contributed by atoms with Gasteiger partial charge >= 0.3 is 6.03 Å². The molecule has 0 spiro atoms. The summed E-state index contributed by atoms with van der Waals surface area (Å²) in [5, 5.41) is 3.62. The van der Waals surface area contributed by atoms with Gasteiger partial charge < -0.3 is 15.1 Å². The fourth-order valence-corrected chi connectivity index (χ4v) is 2.21. The van der Waals surface area contributed by atoms with Crippen LogP contribution in [0.3, 0.4) is 0 Å². The number of nitrogens with one attached hydrogen (secondary N) is 3. The zero-order valence-corrected chi connectivity index (χ0v) is 9.60. The number of nitrogens with zero attached hydrogens (tertiary/aromatic N) is 2. The topological polar surface area (TPSA) is 59.6 Å². The normalized spacial score (nSPS) is 30.0. The van der Waals surface area contributed by atoms with Gasteiger partial charge in [-0.1, -0.05) is 0 Å². The first kappa shape index (κ1) is 10.4. The molecule has 2 rings (SSSR count). The number of hydrazine groups is 1. The summed E-state index contributed by atoms with van der Waals surface area (Å²) in [6, 6.07) is 0.0431. The zero-order valence-electron chi connectivity index (χ0n) is 8.78. The second kappa shape index (κ2) is 3.82. The highest BCUT2D eigenvalue weighted by molar-refractivity contribution is 7.80. The SMILES string of the molecule is CCN1C(=O)N(CC)[C@H]2NC(=S)NN[C@@H]21. The molecule has 0 bridgehead atoms. The van der Waals surface area contributed by atoms with Crippen LogP contribution >= 0.6 is 12.2 Å². The Morgan fingerprint density at radius 2 is 1.87 bits per heavy atom. The first-order valence-corrected chi connectivity index (χ1v) is 5.49. The first-order chi connectivity index (χ1) is 7.19. The molecule has 2 saturated heterocycles. The van der Waals surface area contributed by atoms with Gasteiger partial charge in [-0.3, -0.25) is 5.43 Å². The molecule has 15 heavy (non-hydrogen) atoms. The van der Waals surface area contributed by atoms with E-state index in [9.17, 15) is 4.79 Å². The van der Waals surface area contributed by atoms with E-state index in [0.29, 0.717) is 18.2 Å². The number of rotatable bonds is 2. The molecule has 2 aliphatic heterocycles. The van der Waals surface area contributed by atoms with Gasteiger partial charge in [-0.15, -0.1) is 0 Å². The van der Waals surface area contributed by atoms with Gasteiger partial charge in [-0.25, -0.2) is 10.2 Å². The van der Waals surface area contributed by atoms with Crippen LogP contribution in [0, 0.1) is 0 Å². The van der Waals surface area contributed by atoms with Gasteiger partial charge in [-0.05, 0) is 26.1 Å². The van der Waals surface area contributed by atoms with Crippen LogP contribution in [-0.4, -0.2) is 46.4 Å². The lowest BCUT2D eigenvalue weighted by Gasteiger charge is -2.34. The summed E-state index contributed by atoms with van der Waals surface area (Å²) < 4.78 is 0. The monoisotopic (exact) mass is 229 g/mol. The molecule has 2 fully saturated rings. The maximum absolute atomic E-state index is 11.9. The van der Waals surface area contributed by atoms with E-state index in [4.69, 9.17) is 12.2 Å². The van der Waals surface area contributed by atoms with Gasteiger partial charge in [0.15, 0.2) is 5.11 Å². The van der Waals surface area contributed by atoms with Crippen molar-refractivity contribution in [3.05, 3.63) is 0 Å². The third kappa shape index (κ3) is 1.51. The molecule has 0 aliphatic carbocycles. The number of fused-ring (bicyclic) bond motifs is 1. The molecule has 0 aromatic rings. The fraction of sp³-hybridized carbons (Fsp3) is 0.750. The van der Waals surface area contributed by atoms with E-state index < -0.39 is 0 Å². The van der Waals surface area contributed by atoms with Gasteiger partial charge in [0.25, 0.3) is 0 Å². The Kier molecular flexibility index (Phi) is 2.66. The van der Waals surface area contributed by atoms with Gasteiger partial charge in [0, 0.05) is 13.1 Å². The van der Waals surface area contributed by atoms with Crippen molar-refractivity contribution in [1.29, 1.82) is 0 Å². The average Bonchev–Trinajstić information content (AvgIpc) is 2.48. The van der Waals surface area contributed by atoms with Crippen LogP contribution in [0.1, 0.15) is 13.8 Å². The summed E-state index contributed by atoms with van der Waals surface area (Å²) >= 11 is 5.00. The highest BCUT2D eigenvalue weighted by Crippen LogP contribution is 2.20. The van der Waals surface area contributed by atoms with E-state index in [1.54, 1.807) is 9.80 Å². The Balaban J connectivity index is 2.23. The minimum absolute atomic E-state index is 0.0431. The second-order valence-electron chi connectivity index (χ2n) is 3.49. The molecule has 7 heteroatoms. The maximum atomic E-state index is 11.9. The Labute approximate surface area is 93.9 Å². The Hall–Kier alpha value is -1.08. The first-order valence-electron chi connectivity index (χ1n) is 5.08. The van der Waals surface area contributed by atoms with Crippen LogP contribution in [0.4, 0.5) is 4.79 Å². The van der Waals surface area contributed by atoms with Crippen molar-refractivity contribution in [3.8, 4) is 0 Å². The molecule has 2 heterocycles. The van der Waals surface area contributed by atoms with Crippen molar-refractivity contribution >= 4 is 23.4 Å². The molecule has 0 aromatic carbocycles. The number of thiocarbonyl (C=S) groups is 1. The Morgan fingerprint density at radius 1 is 1.27 bits per heavy atom. The van der Waals surface area contributed by atoms with Crippen LogP contribution in [0.15, 0.2) is 0 Å². The predicted molar refractivity (Wildman–Crippen MR) is 59.7 cm³/mol. The number of amides is 2. The number of urea groups is 1. The van der Waals surface area contributed by atoms with Gasteiger partial charge in [0.05, 0.1) is 0 Å². The molecule has 0 aromatic heterocycles. The van der Waals surface area contributed by atoms with E-state index in [1.165, 1.54) is 0 Å². The Morgan fingerprint density at radius 3 is 2.47 bits per heavy atom. The smallest absolute Gasteiger partial charge is 0.323 e. The largest absolute Gasteiger partial charge is 0.338 e. The standard InChI is InChI=1S/C8H15N5OS/c1-3-12-5-6(10-11-7(15)9-5)13(4-2)8(12)14/h5-6,10H,3-4H2,1-2H3,(H2,9,11,15)/t5-,6-/m1/s1. The lowest BCUT2D eigenvalue weighted by molar-refractivity contribution is 0.183. The van der Waals surface area contributed by atoms with Crippen LogP contribution in [0.25, 0.3) is 0 Å². The van der Waals surface area contributed by atoms with Crippen LogP contribution in [-0.2, 0) is 0 Å². The molecule has 3 N–H and O–H groups in total. The molecule has 2 aliphatic rings. The molecule has 84 valence electrons. The van der Waals surface area contributed by atoms with Crippen molar-refractivity contribution in [1.82, 2.24) is 26.0 Å². The van der Waals surface area contributed by atoms with Gasteiger partial charge in [-0.2, -0.15) is 0 Å². The van der Waals surface area contributed by atoms with Crippen molar-refractivity contribution in [3.63, 3.8) is 0 Å². The van der Waals surface area contributed by atoms with E-state index in [0.717, 1.165) is 0 Å². The number of carbonyl (C=O) groups is 1. The predicted octanol–water partition coefficient (Wildman–Crippen LogP) is -0.602. The van der Waals surface area contributed by atoms with Gasteiger partial charge in [0.1, 0.15) is 12.3 Å².